The van der Waals surface area contributed by atoms with Crippen LogP contribution in [0.5, 0.6) is 0 Å². The lowest BCUT2D eigenvalue weighted by Crippen LogP contribution is -2.62. The van der Waals surface area contributed by atoms with Crippen molar-refractivity contribution >= 4 is 5.97 Å². The maximum Gasteiger partial charge on any atom is 0.303 e. The predicted octanol–water partition coefficient (Wildman–Crippen LogP) is 1.51. The van der Waals surface area contributed by atoms with E-state index in [4.69, 9.17) is 33.2 Å². The van der Waals surface area contributed by atoms with Gasteiger partial charge in [0.25, 0.3) is 0 Å². The number of fused-ring (bicyclic) bond motifs is 1. The molecule has 3 rings (SSSR count). The molecule has 0 radical (unpaired) electrons. The molecule has 1 N–H and O–H groups in total. The molecule has 3 heterocycles. The van der Waals surface area contributed by atoms with Crippen molar-refractivity contribution < 1.29 is 43.1 Å². The summed E-state index contributed by atoms with van der Waals surface area (Å²) in [6, 6.07) is 0. The van der Waals surface area contributed by atoms with Gasteiger partial charge in [0.05, 0.1) is 24.9 Å². The van der Waals surface area contributed by atoms with Crippen molar-refractivity contribution in [2.75, 3.05) is 6.61 Å². The van der Waals surface area contributed by atoms with Crippen molar-refractivity contribution in [3.05, 3.63) is 12.7 Å². The Morgan fingerprint density at radius 3 is 2.33 bits per heavy atom. The van der Waals surface area contributed by atoms with Crippen LogP contribution >= 0.6 is 0 Å². The summed E-state index contributed by atoms with van der Waals surface area (Å²) >= 11 is 0. The summed E-state index contributed by atoms with van der Waals surface area (Å²) in [5.74, 6) is -1.21. The molecule has 0 aromatic heterocycles. The van der Waals surface area contributed by atoms with E-state index in [1.807, 2.05) is 27.7 Å². The molecule has 3 fully saturated rings. The molecule has 0 amide bonds. The highest BCUT2D eigenvalue weighted by atomic mass is 16.8. The fourth-order valence-electron chi connectivity index (χ4n) is 4.18. The molecule has 10 atom stereocenters. The maximum absolute atomic E-state index is 11.7. The summed E-state index contributed by atoms with van der Waals surface area (Å²) in [7, 11) is 0. The van der Waals surface area contributed by atoms with Crippen LogP contribution in [-0.4, -0.2) is 78.8 Å². The van der Waals surface area contributed by atoms with E-state index < -0.39 is 54.9 Å². The Hall–Kier alpha value is -1.07. The van der Waals surface area contributed by atoms with Crippen molar-refractivity contribution in [3.8, 4) is 0 Å². The Balaban J connectivity index is 1.83. The fraction of sp³-hybridized carbons (Fsp3) is 0.857. The molecule has 3 saturated heterocycles. The Kier molecular flexibility index (Phi) is 7.23. The molecular formula is C21H34O9. The lowest BCUT2D eigenvalue weighted by atomic mass is 9.91. The molecule has 0 saturated carbocycles. The van der Waals surface area contributed by atoms with E-state index in [1.54, 1.807) is 13.0 Å². The quantitative estimate of drug-likeness (QED) is 0.496. The van der Waals surface area contributed by atoms with Gasteiger partial charge in [-0.1, -0.05) is 13.0 Å². The van der Waals surface area contributed by atoms with Crippen molar-refractivity contribution in [1.29, 1.82) is 0 Å². The number of aliphatic hydroxyl groups is 1. The van der Waals surface area contributed by atoms with Gasteiger partial charge in [0, 0.05) is 12.8 Å². The third-order valence-electron chi connectivity index (χ3n) is 5.76. The van der Waals surface area contributed by atoms with Gasteiger partial charge in [-0.15, -0.1) is 6.58 Å². The normalized spacial score (nSPS) is 45.6. The molecule has 0 spiro atoms. The van der Waals surface area contributed by atoms with E-state index >= 15 is 0 Å². The molecule has 0 aromatic rings. The van der Waals surface area contributed by atoms with Crippen LogP contribution in [0.2, 0.25) is 0 Å². The van der Waals surface area contributed by atoms with Crippen molar-refractivity contribution in [1.82, 2.24) is 0 Å². The zero-order chi connectivity index (χ0) is 22.2. The highest BCUT2D eigenvalue weighted by Crippen LogP contribution is 2.41. The second kappa shape index (κ2) is 9.20. The summed E-state index contributed by atoms with van der Waals surface area (Å²) in [4.78, 5) is 11.7. The minimum absolute atomic E-state index is 0.0862. The van der Waals surface area contributed by atoms with Crippen LogP contribution < -0.4 is 0 Å². The van der Waals surface area contributed by atoms with Crippen LogP contribution in [0.3, 0.4) is 0 Å². The van der Waals surface area contributed by atoms with Gasteiger partial charge >= 0.3 is 5.97 Å². The molecule has 9 heteroatoms. The smallest absolute Gasteiger partial charge is 0.303 e. The molecule has 3 aliphatic heterocycles. The number of esters is 1. The SMILES string of the molecule is C=CCO[C@H]1OC(C)[C@H](OC(C)=O)C(O[C@@H]2OC(C)[C@H](C)C3OC(C)(C)O[C@@H]32)[C@H]1O. The zero-order valence-electron chi connectivity index (χ0n) is 18.5. The van der Waals surface area contributed by atoms with Crippen LogP contribution in [0, 0.1) is 5.92 Å². The number of hydrogen-bond donors (Lipinski definition) is 1. The number of carbonyl (C=O) groups excluding carboxylic acids is 1. The van der Waals surface area contributed by atoms with Crippen molar-refractivity contribution in [2.45, 2.75) is 103 Å². The highest BCUT2D eigenvalue weighted by molar-refractivity contribution is 5.66. The first-order valence-electron chi connectivity index (χ1n) is 10.4. The summed E-state index contributed by atoms with van der Waals surface area (Å²) < 4.78 is 41.1. The van der Waals surface area contributed by atoms with Gasteiger partial charge in [-0.3, -0.25) is 4.79 Å². The number of hydrogen-bond acceptors (Lipinski definition) is 9. The van der Waals surface area contributed by atoms with Crippen LogP contribution in [0.4, 0.5) is 0 Å². The second-order valence-electron chi connectivity index (χ2n) is 8.63. The van der Waals surface area contributed by atoms with Gasteiger partial charge < -0.3 is 38.3 Å². The first kappa shape index (κ1) is 23.6. The van der Waals surface area contributed by atoms with Crippen molar-refractivity contribution in [3.63, 3.8) is 0 Å². The van der Waals surface area contributed by atoms with E-state index in [-0.39, 0.29) is 24.7 Å². The van der Waals surface area contributed by atoms with Gasteiger partial charge in [0.2, 0.25) is 0 Å². The topological polar surface area (TPSA) is 102 Å². The number of carbonyl (C=O) groups is 1. The summed E-state index contributed by atoms with van der Waals surface area (Å²) in [6.45, 7) is 14.5. The summed E-state index contributed by atoms with van der Waals surface area (Å²) in [5, 5.41) is 10.9. The average molecular weight is 430 g/mol. The minimum atomic E-state index is -1.22. The Morgan fingerprint density at radius 1 is 1.07 bits per heavy atom. The highest BCUT2D eigenvalue weighted by Gasteiger charge is 2.56. The Labute approximate surface area is 177 Å². The molecule has 4 unspecified atom stereocenters. The van der Waals surface area contributed by atoms with E-state index in [0.717, 1.165) is 0 Å². The van der Waals surface area contributed by atoms with Gasteiger partial charge in [0.1, 0.15) is 18.3 Å². The van der Waals surface area contributed by atoms with E-state index in [1.165, 1.54) is 6.92 Å². The number of aliphatic hydroxyl groups excluding tert-OH is 1. The molecular weight excluding hydrogens is 396 g/mol. The standard InChI is InChI=1S/C21H34O9/c1-8-9-24-19-14(23)17(16(12(4)26-19)27-13(5)22)28-20-18-15(10(2)11(3)25-20)29-21(6,7)30-18/h8,10-12,14-20,23H,1,9H2,2-7H3/t10-,11?,12?,14+,15?,16-,17?,18-,19-,20-/m0/s1. The van der Waals surface area contributed by atoms with Gasteiger partial charge in [-0.25, -0.2) is 0 Å². The average Bonchev–Trinajstić information content (AvgIpc) is 2.99. The molecule has 30 heavy (non-hydrogen) atoms. The molecule has 0 aromatic carbocycles. The molecule has 172 valence electrons. The van der Waals surface area contributed by atoms with E-state index in [9.17, 15) is 9.90 Å². The second-order valence-corrected chi connectivity index (χ2v) is 8.63. The Bertz CT molecular complexity index is 624. The van der Waals surface area contributed by atoms with Crippen LogP contribution in [0.25, 0.3) is 0 Å². The molecule has 9 nitrogen and oxygen atoms in total. The van der Waals surface area contributed by atoms with Crippen LogP contribution in [0.1, 0.15) is 41.5 Å². The summed E-state index contributed by atoms with van der Waals surface area (Å²) in [6.07, 6.45) is -4.75. The van der Waals surface area contributed by atoms with E-state index in [0.29, 0.717) is 0 Å². The van der Waals surface area contributed by atoms with E-state index in [2.05, 4.69) is 6.58 Å². The minimum Gasteiger partial charge on any atom is -0.457 e. The zero-order valence-corrected chi connectivity index (χ0v) is 18.5. The third-order valence-corrected chi connectivity index (χ3v) is 5.76. The van der Waals surface area contributed by atoms with Crippen LogP contribution in [0.15, 0.2) is 12.7 Å². The maximum atomic E-state index is 11.7. The van der Waals surface area contributed by atoms with Crippen LogP contribution in [-0.2, 0) is 38.0 Å². The predicted molar refractivity (Wildman–Crippen MR) is 104 cm³/mol. The molecule has 0 aliphatic carbocycles. The van der Waals surface area contributed by atoms with Crippen molar-refractivity contribution in [2.24, 2.45) is 5.92 Å². The number of ether oxygens (including phenoxy) is 7. The lowest BCUT2D eigenvalue weighted by molar-refractivity contribution is -0.344. The number of rotatable bonds is 6. The first-order valence-corrected chi connectivity index (χ1v) is 10.4. The van der Waals surface area contributed by atoms with Gasteiger partial charge in [-0.05, 0) is 27.7 Å². The third kappa shape index (κ3) is 4.88. The summed E-state index contributed by atoms with van der Waals surface area (Å²) in [5.41, 5.74) is 0. The monoisotopic (exact) mass is 430 g/mol. The van der Waals surface area contributed by atoms with Gasteiger partial charge in [-0.2, -0.15) is 0 Å². The fourth-order valence-corrected chi connectivity index (χ4v) is 4.18. The Morgan fingerprint density at radius 2 is 1.70 bits per heavy atom. The van der Waals surface area contributed by atoms with Gasteiger partial charge in [0.15, 0.2) is 24.5 Å². The molecule has 3 aliphatic rings. The first-order chi connectivity index (χ1) is 14.0. The lowest BCUT2D eigenvalue weighted by Gasteiger charge is -2.46. The molecule has 0 bridgehead atoms. The largest absolute Gasteiger partial charge is 0.457 e.